The second-order valence-electron chi connectivity index (χ2n) is 23.2. The SMILES string of the molecule is CCn1c(-c2cc(N3CCN(C4CC4)CC3)cnc2[C@H](C)OC)c2c3cc(ccc31)-c1cc3cc(c1)OC[C@H]1CN(C(C)=O)C[C@@H]1C(=O)N(C)[C@@H](C(C)C)C(=O)N[C@@H](C3)C(=O)N1CCC[C@H](N1)C(=O)OCC(C)(C)C2. The number of hydrogen-bond acceptors (Lipinski definition) is 12. The zero-order valence-electron chi connectivity index (χ0n) is 45.4. The maximum atomic E-state index is 14.9. The molecule has 4 aromatic rings. The minimum atomic E-state index is -1.09. The highest BCUT2D eigenvalue weighted by Crippen LogP contribution is 2.44. The van der Waals surface area contributed by atoms with Gasteiger partial charge < -0.3 is 38.8 Å². The molecule has 4 amide bonds. The second kappa shape index (κ2) is 21.2. The molecule has 0 radical (unpaired) electrons. The van der Waals surface area contributed by atoms with Crippen molar-refractivity contribution in [2.45, 2.75) is 124 Å². The number of piperazine rings is 1. The Kier molecular flexibility index (Phi) is 14.8. The van der Waals surface area contributed by atoms with E-state index in [9.17, 15) is 24.0 Å². The first kappa shape index (κ1) is 52.4. The topological polar surface area (TPSA) is 171 Å². The lowest BCUT2D eigenvalue weighted by atomic mass is 9.84. The van der Waals surface area contributed by atoms with E-state index in [1.54, 1.807) is 19.1 Å². The number of fused-ring (bicyclic) bond motifs is 8. The monoisotopic (exact) mass is 1030 g/mol. The van der Waals surface area contributed by atoms with E-state index >= 15 is 0 Å². The Balaban J connectivity index is 1.15. The molecule has 0 spiro atoms. The summed E-state index contributed by atoms with van der Waals surface area (Å²) in [5.74, 6) is -2.46. The van der Waals surface area contributed by atoms with Crippen LogP contribution in [0.25, 0.3) is 33.3 Å². The Morgan fingerprint density at radius 3 is 2.39 bits per heavy atom. The maximum Gasteiger partial charge on any atom is 0.324 e. The molecule has 10 rings (SSSR count). The number of likely N-dealkylation sites (tertiary alicyclic amines) is 1. The van der Waals surface area contributed by atoms with Crippen LogP contribution in [0, 0.1) is 23.2 Å². The number of methoxy groups -OCH3 is 1. The summed E-state index contributed by atoms with van der Waals surface area (Å²) in [6.07, 6.45) is 5.92. The molecule has 3 saturated heterocycles. The normalized spacial score (nSPS) is 25.5. The lowest BCUT2D eigenvalue weighted by Crippen LogP contribution is -2.62. The van der Waals surface area contributed by atoms with E-state index in [1.165, 1.54) is 29.7 Å². The van der Waals surface area contributed by atoms with Crippen LogP contribution in [-0.4, -0.2) is 156 Å². The van der Waals surface area contributed by atoms with Crippen LogP contribution >= 0.6 is 0 Å². The average Bonchev–Trinajstić information content (AvgIpc) is 4.16. The summed E-state index contributed by atoms with van der Waals surface area (Å²) in [5.41, 5.74) is 11.3. The fraction of sp³-hybridized carbons (Fsp3) is 0.586. The summed E-state index contributed by atoms with van der Waals surface area (Å²) in [6.45, 7) is 19.4. The summed E-state index contributed by atoms with van der Waals surface area (Å²) in [4.78, 5) is 84.8. The Hall–Kier alpha value is -6.04. The molecule has 402 valence electrons. The first-order valence-electron chi connectivity index (χ1n) is 27.4. The number of cyclic esters (lactones) is 1. The van der Waals surface area contributed by atoms with Crippen molar-refractivity contribution in [1.82, 2.24) is 40.0 Å². The molecule has 6 aliphatic rings. The number of anilines is 1. The van der Waals surface area contributed by atoms with Crippen molar-refractivity contribution in [2.75, 3.05) is 78.1 Å². The summed E-state index contributed by atoms with van der Waals surface area (Å²) in [6, 6.07) is 12.8. The number of aromatic nitrogens is 2. The first-order chi connectivity index (χ1) is 35.9. The number of hydrogen-bond donors (Lipinski definition) is 2. The van der Waals surface area contributed by atoms with Crippen LogP contribution in [0.2, 0.25) is 0 Å². The van der Waals surface area contributed by atoms with Crippen molar-refractivity contribution in [3.63, 3.8) is 0 Å². The zero-order chi connectivity index (χ0) is 53.0. The van der Waals surface area contributed by atoms with Gasteiger partial charge in [0.2, 0.25) is 17.7 Å². The number of amides is 4. The molecule has 8 bridgehead atoms. The van der Waals surface area contributed by atoms with Gasteiger partial charge in [0, 0.05) is 114 Å². The highest BCUT2D eigenvalue weighted by molar-refractivity contribution is 5.96. The predicted molar refractivity (Wildman–Crippen MR) is 287 cm³/mol. The molecule has 1 saturated carbocycles. The Morgan fingerprint density at radius 1 is 0.907 bits per heavy atom. The number of ether oxygens (including phenoxy) is 3. The Bertz CT molecular complexity index is 2850. The Morgan fingerprint density at radius 2 is 1.68 bits per heavy atom. The lowest BCUT2D eigenvalue weighted by Gasteiger charge is -2.37. The fourth-order valence-corrected chi connectivity index (χ4v) is 12.5. The van der Waals surface area contributed by atoms with Crippen molar-refractivity contribution in [1.29, 1.82) is 0 Å². The number of rotatable bonds is 7. The van der Waals surface area contributed by atoms with Gasteiger partial charge in [-0.05, 0) is 104 Å². The largest absolute Gasteiger partial charge is 0.493 e. The minimum absolute atomic E-state index is 0.0895. The Labute approximate surface area is 441 Å². The van der Waals surface area contributed by atoms with Gasteiger partial charge in [0.1, 0.15) is 23.9 Å². The van der Waals surface area contributed by atoms with Gasteiger partial charge in [-0.1, -0.05) is 39.8 Å². The van der Waals surface area contributed by atoms with Gasteiger partial charge in [-0.2, -0.15) is 0 Å². The zero-order valence-corrected chi connectivity index (χ0v) is 45.4. The highest BCUT2D eigenvalue weighted by atomic mass is 16.5. The molecule has 0 unspecified atom stereocenters. The van der Waals surface area contributed by atoms with Crippen LogP contribution in [0.3, 0.4) is 0 Å². The third-order valence-corrected chi connectivity index (χ3v) is 16.8. The van der Waals surface area contributed by atoms with Crippen LogP contribution in [0.4, 0.5) is 5.69 Å². The minimum Gasteiger partial charge on any atom is -0.493 e. The number of hydrazine groups is 1. The highest BCUT2D eigenvalue weighted by Gasteiger charge is 2.44. The number of benzene rings is 2. The molecule has 4 fully saturated rings. The van der Waals surface area contributed by atoms with Crippen LogP contribution in [0.1, 0.15) is 97.1 Å². The number of carbonyl (C=O) groups excluding carboxylic acids is 5. The van der Waals surface area contributed by atoms with Crippen molar-refractivity contribution < 1.29 is 38.2 Å². The summed E-state index contributed by atoms with van der Waals surface area (Å²) >= 11 is 0. The quantitative estimate of drug-likeness (QED) is 0.208. The van der Waals surface area contributed by atoms with E-state index in [0.717, 1.165) is 88.0 Å². The lowest BCUT2D eigenvalue weighted by molar-refractivity contribution is -0.155. The van der Waals surface area contributed by atoms with Gasteiger partial charge in [-0.15, -0.1) is 0 Å². The second-order valence-corrected chi connectivity index (χ2v) is 23.2. The van der Waals surface area contributed by atoms with Crippen LogP contribution in [0.5, 0.6) is 5.75 Å². The molecule has 6 atom stereocenters. The first-order valence-corrected chi connectivity index (χ1v) is 27.4. The number of nitrogens with zero attached hydrogens (tertiary/aromatic N) is 7. The molecular weight excluding hydrogens is 951 g/mol. The van der Waals surface area contributed by atoms with E-state index < -0.39 is 47.2 Å². The number of nitrogens with one attached hydrogen (secondary N) is 2. The number of esters is 1. The molecule has 2 aromatic carbocycles. The van der Waals surface area contributed by atoms with Crippen LogP contribution in [0.15, 0.2) is 48.7 Å². The molecule has 75 heavy (non-hydrogen) atoms. The third kappa shape index (κ3) is 10.6. The summed E-state index contributed by atoms with van der Waals surface area (Å²) in [5, 5.41) is 5.60. The summed E-state index contributed by atoms with van der Waals surface area (Å²) < 4.78 is 21.4. The predicted octanol–water partition coefficient (Wildman–Crippen LogP) is 6.00. The van der Waals surface area contributed by atoms with Crippen molar-refractivity contribution in [3.8, 4) is 28.1 Å². The molecule has 5 aliphatic heterocycles. The van der Waals surface area contributed by atoms with Gasteiger partial charge in [-0.25, -0.2) is 5.43 Å². The molecule has 17 nitrogen and oxygen atoms in total. The van der Waals surface area contributed by atoms with E-state index in [4.69, 9.17) is 19.2 Å². The molecule has 2 N–H and O–H groups in total. The molecule has 17 heteroatoms. The van der Waals surface area contributed by atoms with Gasteiger partial charge in [-0.3, -0.25) is 38.9 Å². The van der Waals surface area contributed by atoms with E-state index in [-0.39, 0.29) is 55.9 Å². The summed E-state index contributed by atoms with van der Waals surface area (Å²) in [7, 11) is 3.35. The van der Waals surface area contributed by atoms with Gasteiger partial charge in [0.05, 0.1) is 48.5 Å². The van der Waals surface area contributed by atoms with Crippen molar-refractivity contribution >= 4 is 46.2 Å². The van der Waals surface area contributed by atoms with Crippen LogP contribution < -0.4 is 20.4 Å². The third-order valence-electron chi connectivity index (χ3n) is 16.8. The molecule has 1 aliphatic carbocycles. The van der Waals surface area contributed by atoms with Crippen molar-refractivity contribution in [2.24, 2.45) is 23.2 Å². The fourth-order valence-electron chi connectivity index (χ4n) is 12.5. The van der Waals surface area contributed by atoms with Gasteiger partial charge >= 0.3 is 5.97 Å². The van der Waals surface area contributed by atoms with Gasteiger partial charge in [0.15, 0.2) is 0 Å². The standard InChI is InChI=1S/C58H77N9O8/c1-10-66-50-16-13-38-26-44(50)46(53(66)45-27-42(29-59-51(45)35(4)73-9)64-20-18-63(19-21-64)41-14-15-41)28-58(6,7)33-75-57(72)48-12-11-17-67(61-48)56(71)49-24-37-22-39(38)25-43(23-37)74-32-40-30-65(36(5)68)31-47(40)55(70)62(8)52(34(2)3)54(69)60-49/h13,16,22-23,25-27,29,34-35,40-41,47-49,52,61H,10-12,14-15,17-21,24,28,30-33H2,1-9H3,(H,60,69)/t35-,40+,47-,48-,49-,52-/m0/s1. The molecular formula is C58H77N9O8. The molecule has 7 heterocycles. The number of aryl methyl sites for hydroxylation is 1. The number of likely N-dealkylation sites (N-methyl/N-ethyl adjacent to an activating group) is 1. The number of carbonyl (C=O) groups is 5. The van der Waals surface area contributed by atoms with E-state index in [0.29, 0.717) is 44.6 Å². The molecule has 2 aromatic heterocycles. The van der Waals surface area contributed by atoms with Crippen LogP contribution in [-0.2, 0) is 52.8 Å². The van der Waals surface area contributed by atoms with E-state index in [1.807, 2.05) is 39.1 Å². The van der Waals surface area contributed by atoms with Crippen molar-refractivity contribution in [3.05, 3.63) is 65.5 Å². The van der Waals surface area contributed by atoms with E-state index in [2.05, 4.69) is 76.2 Å². The van der Waals surface area contributed by atoms with Gasteiger partial charge in [0.25, 0.3) is 5.91 Å². The smallest absolute Gasteiger partial charge is 0.324 e. The number of pyridine rings is 1. The average molecular weight is 1030 g/mol. The maximum absolute atomic E-state index is 14.9.